The Morgan fingerprint density at radius 2 is 1.87 bits per heavy atom. The predicted molar refractivity (Wildman–Crippen MR) is 111 cm³/mol. The van der Waals surface area contributed by atoms with Gasteiger partial charge in [-0.2, -0.15) is 13.2 Å². The number of aromatic nitrogens is 4. The fourth-order valence-corrected chi connectivity index (χ4v) is 3.97. The van der Waals surface area contributed by atoms with Crippen LogP contribution in [0.4, 0.5) is 19.1 Å². The van der Waals surface area contributed by atoms with E-state index in [4.69, 9.17) is 0 Å². The van der Waals surface area contributed by atoms with E-state index < -0.39 is 24.3 Å². The molecule has 2 aromatic heterocycles. The molecule has 0 aliphatic carbocycles. The van der Waals surface area contributed by atoms with Gasteiger partial charge in [-0.05, 0) is 31.5 Å². The van der Waals surface area contributed by atoms with Gasteiger partial charge in [0.15, 0.2) is 0 Å². The van der Waals surface area contributed by atoms with Gasteiger partial charge < -0.3 is 4.90 Å². The van der Waals surface area contributed by atoms with Crippen molar-refractivity contribution in [2.45, 2.75) is 38.1 Å². The number of nitrogens with zero attached hydrogens (tertiary/aromatic N) is 6. The van der Waals surface area contributed by atoms with E-state index in [0.29, 0.717) is 31.0 Å². The minimum absolute atomic E-state index is 0.157. The first kappa shape index (κ1) is 21.2. The van der Waals surface area contributed by atoms with Crippen molar-refractivity contribution in [3.05, 3.63) is 58.4 Å². The van der Waals surface area contributed by atoms with Crippen molar-refractivity contribution >= 4 is 16.9 Å². The molecule has 1 atom stereocenters. The smallest absolute Gasteiger partial charge is 0.347 e. The lowest BCUT2D eigenvalue weighted by molar-refractivity contribution is -0.142. The highest BCUT2D eigenvalue weighted by atomic mass is 19.4. The molecule has 7 nitrogen and oxygen atoms in total. The number of hydrogen-bond acceptors (Lipinski definition) is 6. The van der Waals surface area contributed by atoms with Crippen LogP contribution in [0.1, 0.15) is 30.3 Å². The van der Waals surface area contributed by atoms with Crippen LogP contribution in [0.2, 0.25) is 0 Å². The Hall–Kier alpha value is -3.01. The van der Waals surface area contributed by atoms with E-state index in [9.17, 15) is 18.0 Å². The predicted octanol–water partition coefficient (Wildman–Crippen LogP) is 3.15. The number of para-hydroxylation sites is 1. The minimum atomic E-state index is -4.53. The molecule has 1 aromatic carbocycles. The standard InChI is InChI=1S/C21H23F3N6O/c1-28(2)20-25-10-14(11-26-20)12-29-9-5-8-17(29)18-27-16-7-4-3-6-15(16)19(31)30(18)13-21(22,23)24/h3-4,6-7,10-11,17H,5,8-9,12-13H2,1-2H3. The molecule has 0 N–H and O–H groups in total. The monoisotopic (exact) mass is 432 g/mol. The summed E-state index contributed by atoms with van der Waals surface area (Å²) in [6.07, 6.45) is 0.333. The van der Waals surface area contributed by atoms with E-state index >= 15 is 0 Å². The van der Waals surface area contributed by atoms with Crippen LogP contribution in [0, 0.1) is 0 Å². The molecule has 3 heterocycles. The summed E-state index contributed by atoms with van der Waals surface area (Å²) in [5.74, 6) is 0.737. The first-order valence-corrected chi connectivity index (χ1v) is 10.0. The van der Waals surface area contributed by atoms with Gasteiger partial charge in [0.25, 0.3) is 5.56 Å². The molecule has 1 aliphatic rings. The lowest BCUT2D eigenvalue weighted by Gasteiger charge is -2.27. The molecule has 0 radical (unpaired) electrons. The average Bonchev–Trinajstić information content (AvgIpc) is 3.17. The number of benzene rings is 1. The van der Waals surface area contributed by atoms with Gasteiger partial charge in [-0.25, -0.2) is 15.0 Å². The maximum atomic E-state index is 13.3. The molecule has 1 unspecified atom stereocenters. The molecule has 0 saturated carbocycles. The van der Waals surface area contributed by atoms with Crippen LogP contribution in [-0.4, -0.2) is 51.2 Å². The fourth-order valence-electron chi connectivity index (χ4n) is 3.97. The number of fused-ring (bicyclic) bond motifs is 1. The summed E-state index contributed by atoms with van der Waals surface area (Å²) in [5.41, 5.74) is 0.595. The Morgan fingerprint density at radius 1 is 1.16 bits per heavy atom. The SMILES string of the molecule is CN(C)c1ncc(CN2CCCC2c2nc3ccccc3c(=O)n2CC(F)(F)F)cn1. The first-order valence-electron chi connectivity index (χ1n) is 10.0. The maximum Gasteiger partial charge on any atom is 0.406 e. The molecular formula is C21H23F3N6O. The molecule has 1 aliphatic heterocycles. The zero-order valence-corrected chi connectivity index (χ0v) is 17.3. The van der Waals surface area contributed by atoms with Crippen molar-refractivity contribution in [1.29, 1.82) is 0 Å². The van der Waals surface area contributed by atoms with Crippen LogP contribution < -0.4 is 10.5 Å². The third kappa shape index (κ3) is 4.53. The lowest BCUT2D eigenvalue weighted by atomic mass is 10.1. The van der Waals surface area contributed by atoms with Gasteiger partial charge >= 0.3 is 6.18 Å². The third-order valence-corrected chi connectivity index (χ3v) is 5.37. The topological polar surface area (TPSA) is 67.2 Å². The van der Waals surface area contributed by atoms with Crippen LogP contribution in [0.3, 0.4) is 0 Å². The number of likely N-dealkylation sites (tertiary alicyclic amines) is 1. The first-order chi connectivity index (χ1) is 14.7. The van der Waals surface area contributed by atoms with Crippen LogP contribution in [0.5, 0.6) is 0 Å². The summed E-state index contributed by atoms with van der Waals surface area (Å²) in [6, 6.07) is 6.13. The summed E-state index contributed by atoms with van der Waals surface area (Å²) in [4.78, 5) is 29.9. The zero-order valence-electron chi connectivity index (χ0n) is 17.3. The fraction of sp³-hybridized carbons (Fsp3) is 0.429. The van der Waals surface area contributed by atoms with E-state index in [1.54, 1.807) is 35.5 Å². The van der Waals surface area contributed by atoms with Crippen molar-refractivity contribution in [1.82, 2.24) is 24.4 Å². The summed E-state index contributed by atoms with van der Waals surface area (Å²) in [5, 5.41) is 0.188. The maximum absolute atomic E-state index is 13.3. The quantitative estimate of drug-likeness (QED) is 0.617. The molecule has 0 bridgehead atoms. The number of rotatable bonds is 5. The second-order valence-corrected chi connectivity index (χ2v) is 7.91. The second-order valence-electron chi connectivity index (χ2n) is 7.91. The van der Waals surface area contributed by atoms with Crippen LogP contribution >= 0.6 is 0 Å². The Bertz CT molecular complexity index is 1130. The van der Waals surface area contributed by atoms with E-state index in [1.165, 1.54) is 6.07 Å². The molecule has 31 heavy (non-hydrogen) atoms. The van der Waals surface area contributed by atoms with Gasteiger partial charge in [0.05, 0.1) is 16.9 Å². The molecule has 1 fully saturated rings. The minimum Gasteiger partial charge on any atom is -0.347 e. The number of hydrogen-bond donors (Lipinski definition) is 0. The Labute approximate surface area is 177 Å². The second kappa shape index (κ2) is 8.26. The zero-order chi connectivity index (χ0) is 22.2. The van der Waals surface area contributed by atoms with Crippen molar-refractivity contribution in [3.8, 4) is 0 Å². The van der Waals surface area contributed by atoms with Gasteiger partial charge in [0, 0.05) is 38.6 Å². The van der Waals surface area contributed by atoms with Gasteiger partial charge in [0.2, 0.25) is 5.95 Å². The summed E-state index contributed by atoms with van der Waals surface area (Å²) < 4.78 is 40.7. The summed E-state index contributed by atoms with van der Waals surface area (Å²) in [6.45, 7) is -0.202. The van der Waals surface area contributed by atoms with Crippen molar-refractivity contribution < 1.29 is 13.2 Å². The Balaban J connectivity index is 1.72. The molecule has 10 heteroatoms. The average molecular weight is 432 g/mol. The molecule has 1 saturated heterocycles. The highest BCUT2D eigenvalue weighted by Gasteiger charge is 2.35. The largest absolute Gasteiger partial charge is 0.406 e. The van der Waals surface area contributed by atoms with E-state index in [-0.39, 0.29) is 11.2 Å². The van der Waals surface area contributed by atoms with Crippen LogP contribution in [0.25, 0.3) is 10.9 Å². The van der Waals surface area contributed by atoms with Crippen molar-refractivity contribution in [2.75, 3.05) is 25.5 Å². The van der Waals surface area contributed by atoms with Gasteiger partial charge in [-0.1, -0.05) is 12.1 Å². The third-order valence-electron chi connectivity index (χ3n) is 5.37. The van der Waals surface area contributed by atoms with Gasteiger partial charge in [-0.3, -0.25) is 14.3 Å². The molecular weight excluding hydrogens is 409 g/mol. The summed E-state index contributed by atoms with van der Waals surface area (Å²) in [7, 11) is 3.69. The Kier molecular flexibility index (Phi) is 5.65. The molecule has 0 spiro atoms. The Morgan fingerprint density at radius 3 is 2.55 bits per heavy atom. The number of alkyl halides is 3. The number of anilines is 1. The molecule has 3 aromatic rings. The van der Waals surface area contributed by atoms with E-state index in [0.717, 1.165) is 16.6 Å². The summed E-state index contributed by atoms with van der Waals surface area (Å²) >= 11 is 0. The van der Waals surface area contributed by atoms with Crippen molar-refractivity contribution in [3.63, 3.8) is 0 Å². The van der Waals surface area contributed by atoms with Gasteiger partial charge in [-0.15, -0.1) is 0 Å². The highest BCUT2D eigenvalue weighted by Crippen LogP contribution is 2.33. The van der Waals surface area contributed by atoms with E-state index in [2.05, 4.69) is 15.0 Å². The van der Waals surface area contributed by atoms with Crippen LogP contribution in [-0.2, 0) is 13.1 Å². The lowest BCUT2D eigenvalue weighted by Crippen LogP contribution is -2.35. The highest BCUT2D eigenvalue weighted by molar-refractivity contribution is 5.77. The van der Waals surface area contributed by atoms with E-state index in [1.807, 2.05) is 19.0 Å². The van der Waals surface area contributed by atoms with Crippen molar-refractivity contribution in [2.24, 2.45) is 0 Å². The van der Waals surface area contributed by atoms with Gasteiger partial charge in [0.1, 0.15) is 12.4 Å². The molecule has 4 rings (SSSR count). The normalized spacial score (nSPS) is 17.4. The van der Waals surface area contributed by atoms with Crippen LogP contribution in [0.15, 0.2) is 41.5 Å². The number of halogens is 3. The molecule has 164 valence electrons. The molecule has 0 amide bonds.